The van der Waals surface area contributed by atoms with Crippen LogP contribution in [0.2, 0.25) is 0 Å². The van der Waals surface area contributed by atoms with Gasteiger partial charge in [0.15, 0.2) is 0 Å². The molecule has 144 valence electrons. The van der Waals surface area contributed by atoms with Gasteiger partial charge in [-0.1, -0.05) is 28.1 Å². The minimum Gasteiger partial charge on any atom is -0.352 e. The number of likely N-dealkylation sites (tertiary alicyclic amines) is 1. The maximum atomic E-state index is 11.9. The lowest BCUT2D eigenvalue weighted by molar-refractivity contribution is -0.122. The molecule has 0 spiro atoms. The molecule has 1 aromatic heterocycles. The summed E-state index contributed by atoms with van der Waals surface area (Å²) in [5.41, 5.74) is 1.27. The Balaban J connectivity index is 1.20. The first-order valence-electron chi connectivity index (χ1n) is 9.75. The number of rotatable bonds is 7. The summed E-state index contributed by atoms with van der Waals surface area (Å²) in [5.74, 6) is 0.197. The van der Waals surface area contributed by atoms with Crippen LogP contribution in [0, 0.1) is 0 Å². The predicted molar refractivity (Wildman–Crippen MR) is 115 cm³/mol. The second kappa shape index (κ2) is 8.86. The monoisotopic (exact) mass is 447 g/mol. The zero-order chi connectivity index (χ0) is 18.6. The molecule has 27 heavy (non-hydrogen) atoms. The summed E-state index contributed by atoms with van der Waals surface area (Å²) in [7, 11) is 0. The quantitative estimate of drug-likeness (QED) is 0.673. The fraction of sp³-hybridized carbons (Fsp3) is 0.476. The maximum absolute atomic E-state index is 11.9. The molecule has 0 bridgehead atoms. The summed E-state index contributed by atoms with van der Waals surface area (Å²) in [6, 6.07) is 13.9. The first-order chi connectivity index (χ1) is 13.2. The molecule has 2 N–H and O–H groups in total. The van der Waals surface area contributed by atoms with Gasteiger partial charge in [0.05, 0.1) is 6.54 Å². The molecule has 0 atom stereocenters. The zero-order valence-corrected chi connectivity index (χ0v) is 17.8. The van der Waals surface area contributed by atoms with Gasteiger partial charge in [-0.05, 0) is 55.5 Å². The molecular weight excluding hydrogens is 422 g/mol. The fourth-order valence-corrected chi connectivity index (χ4v) is 4.71. The molecule has 6 heteroatoms. The average molecular weight is 448 g/mol. The van der Waals surface area contributed by atoms with E-state index in [0.29, 0.717) is 18.6 Å². The van der Waals surface area contributed by atoms with E-state index in [0.717, 1.165) is 49.8 Å². The molecule has 4 nitrogen and oxygen atoms in total. The van der Waals surface area contributed by atoms with Crippen LogP contribution in [-0.2, 0) is 11.3 Å². The van der Waals surface area contributed by atoms with Crippen molar-refractivity contribution in [3.05, 3.63) is 45.7 Å². The molecule has 2 fully saturated rings. The molecule has 1 saturated heterocycles. The largest absolute Gasteiger partial charge is 0.352 e. The lowest BCUT2D eigenvalue weighted by Gasteiger charge is -2.31. The smallest absolute Gasteiger partial charge is 0.234 e. The number of carbonyl (C=O) groups is 1. The Bertz CT molecular complexity index is 764. The second-order valence-corrected chi connectivity index (χ2v) is 9.63. The predicted octanol–water partition coefficient (Wildman–Crippen LogP) is 4.01. The molecule has 1 aliphatic carbocycles. The van der Waals surface area contributed by atoms with Crippen LogP contribution in [0.1, 0.15) is 30.6 Å². The third-order valence-corrected chi connectivity index (χ3v) is 6.92. The van der Waals surface area contributed by atoms with E-state index in [1.54, 1.807) is 0 Å². The topological polar surface area (TPSA) is 44.4 Å². The highest BCUT2D eigenvalue weighted by Gasteiger charge is 2.25. The second-order valence-electron chi connectivity index (χ2n) is 7.55. The third kappa shape index (κ3) is 5.64. The van der Waals surface area contributed by atoms with Crippen LogP contribution in [0.3, 0.4) is 0 Å². The van der Waals surface area contributed by atoms with Crippen molar-refractivity contribution in [1.29, 1.82) is 0 Å². The Kier molecular flexibility index (Phi) is 6.28. The van der Waals surface area contributed by atoms with Crippen molar-refractivity contribution in [2.45, 2.75) is 44.3 Å². The minimum atomic E-state index is 0.197. The summed E-state index contributed by atoms with van der Waals surface area (Å²) < 4.78 is 1.11. The summed E-state index contributed by atoms with van der Waals surface area (Å²) in [6.07, 6.45) is 4.54. The van der Waals surface area contributed by atoms with Crippen molar-refractivity contribution in [1.82, 2.24) is 15.5 Å². The highest BCUT2D eigenvalue weighted by Crippen LogP contribution is 2.29. The van der Waals surface area contributed by atoms with Gasteiger partial charge in [-0.2, -0.15) is 0 Å². The van der Waals surface area contributed by atoms with E-state index in [1.165, 1.54) is 15.3 Å². The molecule has 1 aromatic carbocycles. The lowest BCUT2D eigenvalue weighted by atomic mass is 10.1. The Hall–Kier alpha value is -1.21. The van der Waals surface area contributed by atoms with E-state index in [1.807, 2.05) is 11.3 Å². The van der Waals surface area contributed by atoms with Crippen molar-refractivity contribution in [3.63, 3.8) is 0 Å². The van der Waals surface area contributed by atoms with E-state index < -0.39 is 0 Å². The van der Waals surface area contributed by atoms with Gasteiger partial charge in [-0.3, -0.25) is 9.69 Å². The first-order valence-corrected chi connectivity index (χ1v) is 11.4. The number of hydrogen-bond acceptors (Lipinski definition) is 4. The molecular formula is C21H26BrN3OS. The van der Waals surface area contributed by atoms with Gasteiger partial charge in [0.1, 0.15) is 0 Å². The van der Waals surface area contributed by atoms with Gasteiger partial charge in [-0.25, -0.2) is 0 Å². The maximum Gasteiger partial charge on any atom is 0.234 e. The van der Waals surface area contributed by atoms with Crippen LogP contribution in [-0.4, -0.2) is 42.5 Å². The zero-order valence-electron chi connectivity index (χ0n) is 15.4. The summed E-state index contributed by atoms with van der Waals surface area (Å²) in [4.78, 5) is 16.9. The fourth-order valence-electron chi connectivity index (χ4n) is 3.49. The number of benzene rings is 1. The van der Waals surface area contributed by atoms with Gasteiger partial charge >= 0.3 is 0 Å². The van der Waals surface area contributed by atoms with Gasteiger partial charge in [0.2, 0.25) is 5.91 Å². The normalized spacial score (nSPS) is 18.6. The number of halogens is 1. The molecule has 4 rings (SSSR count). The van der Waals surface area contributed by atoms with Crippen LogP contribution in [0.5, 0.6) is 0 Å². The van der Waals surface area contributed by atoms with Gasteiger partial charge in [-0.15, -0.1) is 11.3 Å². The average Bonchev–Trinajstić information content (AvgIpc) is 3.35. The summed E-state index contributed by atoms with van der Waals surface area (Å²) >= 11 is 5.35. The molecule has 1 saturated carbocycles. The molecule has 1 aliphatic heterocycles. The highest BCUT2D eigenvalue weighted by molar-refractivity contribution is 9.10. The van der Waals surface area contributed by atoms with E-state index >= 15 is 0 Å². The lowest BCUT2D eigenvalue weighted by Crippen LogP contribution is -2.46. The summed E-state index contributed by atoms with van der Waals surface area (Å²) in [5, 5.41) is 6.78. The number of amides is 1. The van der Waals surface area contributed by atoms with Crippen molar-refractivity contribution >= 4 is 33.2 Å². The Morgan fingerprint density at radius 1 is 1.04 bits per heavy atom. The highest BCUT2D eigenvalue weighted by atomic mass is 79.9. The number of piperidine rings is 1. The van der Waals surface area contributed by atoms with Crippen LogP contribution >= 0.6 is 27.3 Å². The van der Waals surface area contributed by atoms with Crippen molar-refractivity contribution < 1.29 is 4.79 Å². The third-order valence-electron chi connectivity index (χ3n) is 5.25. The molecule has 2 heterocycles. The number of carbonyl (C=O) groups excluding carboxylic acids is 1. The van der Waals surface area contributed by atoms with Gasteiger partial charge in [0.25, 0.3) is 0 Å². The standard InChI is InChI=1S/C21H26BrN3OS/c22-16-3-1-15(2-4-16)20-8-7-19(27-20)13-23-17-9-11-25(12-10-17)14-21(26)24-18-5-6-18/h1-4,7-8,17-18,23H,5-6,9-14H2,(H,24,26). The molecule has 0 unspecified atom stereocenters. The van der Waals surface area contributed by atoms with E-state index in [4.69, 9.17) is 0 Å². The molecule has 1 amide bonds. The van der Waals surface area contributed by atoms with Crippen LogP contribution in [0.4, 0.5) is 0 Å². The Morgan fingerprint density at radius 2 is 1.78 bits per heavy atom. The van der Waals surface area contributed by atoms with Crippen molar-refractivity contribution in [2.75, 3.05) is 19.6 Å². The molecule has 0 radical (unpaired) electrons. The molecule has 2 aromatic rings. The van der Waals surface area contributed by atoms with E-state index in [2.05, 4.69) is 67.9 Å². The minimum absolute atomic E-state index is 0.197. The molecule has 2 aliphatic rings. The SMILES string of the molecule is O=C(CN1CCC(NCc2ccc(-c3ccc(Br)cc3)s2)CC1)NC1CC1. The van der Waals surface area contributed by atoms with Crippen LogP contribution < -0.4 is 10.6 Å². The van der Waals surface area contributed by atoms with Crippen molar-refractivity contribution in [3.8, 4) is 10.4 Å². The van der Waals surface area contributed by atoms with Gasteiger partial charge in [0, 0.05) is 45.9 Å². The number of hydrogen-bond donors (Lipinski definition) is 2. The Morgan fingerprint density at radius 3 is 2.48 bits per heavy atom. The summed E-state index contributed by atoms with van der Waals surface area (Å²) in [6.45, 7) is 3.49. The number of nitrogens with zero attached hydrogens (tertiary/aromatic N) is 1. The van der Waals surface area contributed by atoms with Crippen molar-refractivity contribution in [2.24, 2.45) is 0 Å². The van der Waals surface area contributed by atoms with E-state index in [9.17, 15) is 4.79 Å². The number of thiophene rings is 1. The van der Waals surface area contributed by atoms with Crippen LogP contribution in [0.15, 0.2) is 40.9 Å². The van der Waals surface area contributed by atoms with Crippen LogP contribution in [0.25, 0.3) is 10.4 Å². The van der Waals surface area contributed by atoms with E-state index in [-0.39, 0.29) is 5.91 Å². The Labute approximate surface area is 173 Å². The van der Waals surface area contributed by atoms with Gasteiger partial charge < -0.3 is 10.6 Å². The number of nitrogens with one attached hydrogen (secondary N) is 2. The first kappa shape index (κ1) is 19.1.